The van der Waals surface area contributed by atoms with Gasteiger partial charge in [0.1, 0.15) is 11.5 Å². The summed E-state index contributed by atoms with van der Waals surface area (Å²) in [6.45, 7) is -0.484. The Balaban J connectivity index is 2.09. The zero-order valence-electron chi connectivity index (χ0n) is 12.2. The normalized spacial score (nSPS) is 11.7. The summed E-state index contributed by atoms with van der Waals surface area (Å²) >= 11 is 0. The van der Waals surface area contributed by atoms with E-state index in [0.29, 0.717) is 17.7 Å². The number of aliphatic hydroxyl groups excluding tert-OH is 1. The number of hydrogen-bond donors (Lipinski definition) is 3. The lowest BCUT2D eigenvalue weighted by Gasteiger charge is -2.16. The van der Waals surface area contributed by atoms with Crippen LogP contribution in [0.25, 0.3) is 0 Å². The molecule has 0 aliphatic rings. The zero-order valence-corrected chi connectivity index (χ0v) is 12.2. The minimum Gasteiger partial charge on any atom is -0.394 e. The lowest BCUT2D eigenvalue weighted by molar-refractivity contribution is -0.136. The van der Waals surface area contributed by atoms with Crippen LogP contribution in [-0.4, -0.2) is 23.5 Å². The highest BCUT2D eigenvalue weighted by Crippen LogP contribution is 2.20. The lowest BCUT2D eigenvalue weighted by Crippen LogP contribution is -2.39. The zero-order chi connectivity index (χ0) is 17.7. The highest BCUT2D eigenvalue weighted by molar-refractivity contribution is 6.39. The number of aliphatic hydroxyl groups is 1. The van der Waals surface area contributed by atoms with Crippen molar-refractivity contribution in [2.45, 2.75) is 6.04 Å². The summed E-state index contributed by atoms with van der Waals surface area (Å²) in [6, 6.07) is 8.20. The largest absolute Gasteiger partial charge is 0.394 e. The highest BCUT2D eigenvalue weighted by Gasteiger charge is 2.22. The molecule has 0 fully saturated rings. The first kappa shape index (κ1) is 17.5. The molecule has 0 aromatic heterocycles. The van der Waals surface area contributed by atoms with Crippen LogP contribution in [0, 0.1) is 17.5 Å². The fraction of sp³-hybridized carbons (Fsp3) is 0.125. The number of halogens is 3. The van der Waals surface area contributed by atoms with Crippen molar-refractivity contribution in [3.8, 4) is 0 Å². The maximum atomic E-state index is 13.5. The second-order valence-electron chi connectivity index (χ2n) is 4.82. The van der Waals surface area contributed by atoms with Crippen molar-refractivity contribution < 1.29 is 27.9 Å². The van der Waals surface area contributed by atoms with Gasteiger partial charge < -0.3 is 15.7 Å². The van der Waals surface area contributed by atoms with Gasteiger partial charge in [0.2, 0.25) is 0 Å². The Morgan fingerprint density at radius 2 is 1.58 bits per heavy atom. The third kappa shape index (κ3) is 4.11. The van der Waals surface area contributed by atoms with Crippen LogP contribution >= 0.6 is 0 Å². The van der Waals surface area contributed by atoms with Gasteiger partial charge in [-0.2, -0.15) is 0 Å². The standard InChI is InChI=1S/C16H13F3N2O3/c17-10-6-11(18)14(12(19)7-10)21-16(24)15(23)20-13(8-22)9-4-2-1-3-5-9/h1-7,13,22H,8H2,(H,20,23)(H,21,24)/t13-/m1/s1. The second-order valence-corrected chi connectivity index (χ2v) is 4.82. The first-order valence-corrected chi connectivity index (χ1v) is 6.84. The summed E-state index contributed by atoms with van der Waals surface area (Å²) in [6.07, 6.45) is 0. The SMILES string of the molecule is O=C(Nc1c(F)cc(F)cc1F)C(=O)N[C@H](CO)c1ccccc1. The van der Waals surface area contributed by atoms with E-state index in [1.165, 1.54) is 0 Å². The fourth-order valence-corrected chi connectivity index (χ4v) is 1.98. The van der Waals surface area contributed by atoms with E-state index in [-0.39, 0.29) is 0 Å². The van der Waals surface area contributed by atoms with Crippen molar-refractivity contribution in [3.05, 3.63) is 65.5 Å². The average molecular weight is 338 g/mol. The number of hydrogen-bond acceptors (Lipinski definition) is 3. The van der Waals surface area contributed by atoms with Gasteiger partial charge in [0.05, 0.1) is 12.6 Å². The molecule has 2 rings (SSSR count). The molecule has 0 unspecified atom stereocenters. The van der Waals surface area contributed by atoms with Crippen molar-refractivity contribution in [1.29, 1.82) is 0 Å². The summed E-state index contributed by atoms with van der Waals surface area (Å²) in [5, 5.41) is 13.3. The molecule has 0 bridgehead atoms. The molecule has 8 heteroatoms. The van der Waals surface area contributed by atoms with Crippen molar-refractivity contribution in [2.24, 2.45) is 0 Å². The number of anilines is 1. The number of rotatable bonds is 4. The quantitative estimate of drug-likeness (QED) is 0.745. The summed E-state index contributed by atoms with van der Waals surface area (Å²) in [5.74, 6) is -6.42. The molecule has 126 valence electrons. The first-order chi connectivity index (χ1) is 11.4. The molecule has 0 aliphatic carbocycles. The Morgan fingerprint density at radius 3 is 2.12 bits per heavy atom. The van der Waals surface area contributed by atoms with Crippen LogP contribution in [0.5, 0.6) is 0 Å². The lowest BCUT2D eigenvalue weighted by atomic mass is 10.1. The highest BCUT2D eigenvalue weighted by atomic mass is 19.1. The molecule has 5 nitrogen and oxygen atoms in total. The number of nitrogens with one attached hydrogen (secondary N) is 2. The first-order valence-electron chi connectivity index (χ1n) is 6.84. The Labute approximate surface area is 135 Å². The van der Waals surface area contributed by atoms with Gasteiger partial charge in [0, 0.05) is 12.1 Å². The summed E-state index contributed by atoms with van der Waals surface area (Å²) in [7, 11) is 0. The van der Waals surface area contributed by atoms with Crippen LogP contribution in [0.15, 0.2) is 42.5 Å². The van der Waals surface area contributed by atoms with Gasteiger partial charge in [-0.05, 0) is 5.56 Å². The number of amides is 2. The van der Waals surface area contributed by atoms with Gasteiger partial charge in [-0.3, -0.25) is 9.59 Å². The minimum absolute atomic E-state index is 0.372. The van der Waals surface area contributed by atoms with Gasteiger partial charge in [0.25, 0.3) is 0 Å². The number of benzene rings is 2. The topological polar surface area (TPSA) is 78.4 Å². The van der Waals surface area contributed by atoms with E-state index in [9.17, 15) is 27.9 Å². The molecule has 0 radical (unpaired) electrons. The molecule has 1 atom stereocenters. The van der Waals surface area contributed by atoms with Crippen LogP contribution in [0.3, 0.4) is 0 Å². The van der Waals surface area contributed by atoms with E-state index >= 15 is 0 Å². The molecule has 3 N–H and O–H groups in total. The molecule has 2 aromatic carbocycles. The molecular formula is C16H13F3N2O3. The second kappa shape index (κ2) is 7.60. The monoisotopic (exact) mass is 338 g/mol. The smallest absolute Gasteiger partial charge is 0.313 e. The van der Waals surface area contributed by atoms with E-state index in [0.717, 1.165) is 0 Å². The Morgan fingerprint density at radius 1 is 1.00 bits per heavy atom. The maximum absolute atomic E-state index is 13.5. The van der Waals surface area contributed by atoms with Crippen LogP contribution in [0.4, 0.5) is 18.9 Å². The van der Waals surface area contributed by atoms with E-state index in [1.807, 2.05) is 0 Å². The van der Waals surface area contributed by atoms with E-state index < -0.39 is 47.6 Å². The van der Waals surface area contributed by atoms with Crippen LogP contribution in [-0.2, 0) is 9.59 Å². The van der Waals surface area contributed by atoms with Crippen molar-refractivity contribution in [1.82, 2.24) is 5.32 Å². The molecule has 0 saturated carbocycles. The predicted octanol–water partition coefficient (Wildman–Crippen LogP) is 1.89. The van der Waals surface area contributed by atoms with Crippen molar-refractivity contribution >= 4 is 17.5 Å². The Bertz CT molecular complexity index is 730. The summed E-state index contributed by atoms with van der Waals surface area (Å²) in [5.41, 5.74) is -0.392. The number of carbonyl (C=O) groups is 2. The average Bonchev–Trinajstić information content (AvgIpc) is 2.56. The Hall–Kier alpha value is -2.87. The molecular weight excluding hydrogens is 325 g/mol. The molecule has 0 saturated heterocycles. The van der Waals surface area contributed by atoms with E-state index in [1.54, 1.807) is 35.6 Å². The van der Waals surface area contributed by atoms with Gasteiger partial charge >= 0.3 is 11.8 Å². The fourth-order valence-electron chi connectivity index (χ4n) is 1.98. The van der Waals surface area contributed by atoms with Gasteiger partial charge in [-0.1, -0.05) is 30.3 Å². The maximum Gasteiger partial charge on any atom is 0.313 e. The van der Waals surface area contributed by atoms with Crippen LogP contribution in [0.2, 0.25) is 0 Å². The van der Waals surface area contributed by atoms with E-state index in [4.69, 9.17) is 0 Å². The third-order valence-electron chi connectivity index (χ3n) is 3.14. The summed E-state index contributed by atoms with van der Waals surface area (Å²) < 4.78 is 39.7. The van der Waals surface area contributed by atoms with Gasteiger partial charge in [-0.25, -0.2) is 13.2 Å². The molecule has 0 aliphatic heterocycles. The molecule has 2 aromatic rings. The van der Waals surface area contributed by atoms with Crippen molar-refractivity contribution in [2.75, 3.05) is 11.9 Å². The molecule has 2 amide bonds. The van der Waals surface area contributed by atoms with Crippen LogP contribution in [0.1, 0.15) is 11.6 Å². The number of carbonyl (C=O) groups excluding carboxylic acids is 2. The minimum atomic E-state index is -1.35. The van der Waals surface area contributed by atoms with Crippen molar-refractivity contribution in [3.63, 3.8) is 0 Å². The third-order valence-corrected chi connectivity index (χ3v) is 3.14. The van der Waals surface area contributed by atoms with E-state index in [2.05, 4.69) is 5.32 Å². The van der Waals surface area contributed by atoms with Crippen LogP contribution < -0.4 is 10.6 Å². The molecule has 24 heavy (non-hydrogen) atoms. The summed E-state index contributed by atoms with van der Waals surface area (Å²) in [4.78, 5) is 23.6. The molecule has 0 heterocycles. The molecule has 0 spiro atoms. The van der Waals surface area contributed by atoms with Gasteiger partial charge in [0.15, 0.2) is 11.6 Å². The van der Waals surface area contributed by atoms with Gasteiger partial charge in [-0.15, -0.1) is 0 Å². The Kier molecular flexibility index (Phi) is 5.54. The predicted molar refractivity (Wildman–Crippen MR) is 79.4 cm³/mol.